The number of halogens is 1. The molecule has 0 radical (unpaired) electrons. The highest BCUT2D eigenvalue weighted by Gasteiger charge is 2.22. The Hall–Kier alpha value is -1.11. The molecule has 1 aliphatic rings. The fourth-order valence-corrected chi connectivity index (χ4v) is 2.89. The summed E-state index contributed by atoms with van der Waals surface area (Å²) >= 11 is 9.60. The average Bonchev–Trinajstić information content (AvgIpc) is 2.67. The third-order valence-electron chi connectivity index (χ3n) is 2.26. The summed E-state index contributed by atoms with van der Waals surface area (Å²) in [6, 6.07) is 5.61. The second kappa shape index (κ2) is 6.36. The summed E-state index contributed by atoms with van der Waals surface area (Å²) < 4.78 is 6.94. The summed E-state index contributed by atoms with van der Waals surface area (Å²) in [6.07, 6.45) is 3.44. The molecule has 1 heterocycles. The van der Waals surface area contributed by atoms with Crippen molar-refractivity contribution in [3.05, 3.63) is 45.8 Å². The molecule has 0 atom stereocenters. The number of hydrogen-bond acceptors (Lipinski definition) is 4. The molecule has 0 aliphatic carbocycles. The summed E-state index contributed by atoms with van der Waals surface area (Å²) in [5, 5.41) is 2.58. The maximum absolute atomic E-state index is 11.6. The molecule has 98 valence electrons. The summed E-state index contributed by atoms with van der Waals surface area (Å²) in [4.78, 5) is 12.2. The molecule has 19 heavy (non-hydrogen) atoms. The minimum absolute atomic E-state index is 0.176. The predicted octanol–water partition coefficient (Wildman–Crippen LogP) is 3.50. The van der Waals surface area contributed by atoms with Gasteiger partial charge in [0.15, 0.2) is 0 Å². The summed E-state index contributed by atoms with van der Waals surface area (Å²) in [7, 11) is 0. The van der Waals surface area contributed by atoms with Crippen LogP contribution in [0.15, 0.2) is 40.2 Å². The molecule has 1 aliphatic heterocycles. The van der Waals surface area contributed by atoms with Crippen molar-refractivity contribution >= 4 is 56.2 Å². The SMILES string of the molecule is C=CCOc1ccc(Br)cc1/C=C1/SC(=S)NC1=O. The van der Waals surface area contributed by atoms with Crippen LogP contribution in [0.2, 0.25) is 0 Å². The highest BCUT2D eigenvalue weighted by atomic mass is 79.9. The van der Waals surface area contributed by atoms with E-state index in [-0.39, 0.29) is 5.91 Å². The maximum atomic E-state index is 11.6. The first-order valence-electron chi connectivity index (χ1n) is 5.38. The second-order valence-corrected chi connectivity index (χ2v) is 6.27. The first-order valence-corrected chi connectivity index (χ1v) is 7.40. The lowest BCUT2D eigenvalue weighted by Crippen LogP contribution is -2.17. The average molecular weight is 356 g/mol. The van der Waals surface area contributed by atoms with Gasteiger partial charge in [-0.15, -0.1) is 0 Å². The fraction of sp³-hybridized carbons (Fsp3) is 0.0769. The van der Waals surface area contributed by atoms with Crippen molar-refractivity contribution in [3.63, 3.8) is 0 Å². The van der Waals surface area contributed by atoms with Gasteiger partial charge in [-0.2, -0.15) is 0 Å². The van der Waals surface area contributed by atoms with Gasteiger partial charge in [0.05, 0.1) is 4.91 Å². The standard InChI is InChI=1S/C13H10BrNO2S2/c1-2-5-17-10-4-3-9(14)6-8(10)7-11-12(16)15-13(18)19-11/h2-4,6-7H,1,5H2,(H,15,16,18)/b11-7+. The number of carbonyl (C=O) groups excluding carboxylic acids is 1. The number of amides is 1. The maximum Gasteiger partial charge on any atom is 0.263 e. The van der Waals surface area contributed by atoms with Crippen LogP contribution in [0.25, 0.3) is 6.08 Å². The summed E-state index contributed by atoms with van der Waals surface area (Å²) in [5.74, 6) is 0.520. The Morgan fingerprint density at radius 1 is 1.53 bits per heavy atom. The number of nitrogens with one attached hydrogen (secondary N) is 1. The monoisotopic (exact) mass is 355 g/mol. The molecule has 1 aromatic carbocycles. The molecule has 1 aromatic rings. The molecule has 6 heteroatoms. The summed E-state index contributed by atoms with van der Waals surface area (Å²) in [6.45, 7) is 4.03. The smallest absolute Gasteiger partial charge is 0.263 e. The Kier molecular flexibility index (Phi) is 4.79. The Balaban J connectivity index is 2.35. The zero-order chi connectivity index (χ0) is 13.8. The van der Waals surface area contributed by atoms with E-state index in [4.69, 9.17) is 17.0 Å². The minimum Gasteiger partial charge on any atom is -0.489 e. The molecule has 0 aromatic heterocycles. The van der Waals surface area contributed by atoms with Crippen molar-refractivity contribution in [2.75, 3.05) is 6.61 Å². The van der Waals surface area contributed by atoms with Crippen molar-refractivity contribution < 1.29 is 9.53 Å². The molecule has 1 fully saturated rings. The van der Waals surface area contributed by atoms with Crippen LogP contribution in [0.5, 0.6) is 5.75 Å². The van der Waals surface area contributed by atoms with E-state index in [2.05, 4.69) is 27.8 Å². The molecule has 0 saturated carbocycles. The second-order valence-electron chi connectivity index (χ2n) is 3.63. The molecule has 1 amide bonds. The van der Waals surface area contributed by atoms with Crippen LogP contribution in [0.1, 0.15) is 5.56 Å². The Labute approximate surface area is 129 Å². The molecule has 3 nitrogen and oxygen atoms in total. The number of thioether (sulfide) groups is 1. The lowest BCUT2D eigenvalue weighted by atomic mass is 10.2. The van der Waals surface area contributed by atoms with E-state index in [0.717, 1.165) is 10.0 Å². The molecule has 0 spiro atoms. The first-order chi connectivity index (χ1) is 9.10. The predicted molar refractivity (Wildman–Crippen MR) is 86.1 cm³/mol. The van der Waals surface area contributed by atoms with Crippen molar-refractivity contribution in [1.29, 1.82) is 0 Å². The number of thiocarbonyl (C=S) groups is 1. The van der Waals surface area contributed by atoms with Crippen LogP contribution in [0.4, 0.5) is 0 Å². The molecule has 0 unspecified atom stereocenters. The van der Waals surface area contributed by atoms with Crippen molar-refractivity contribution in [2.24, 2.45) is 0 Å². The van der Waals surface area contributed by atoms with Gasteiger partial charge in [-0.3, -0.25) is 4.79 Å². The molecule has 2 rings (SSSR count). The molecule has 1 saturated heterocycles. The lowest BCUT2D eigenvalue weighted by Gasteiger charge is -2.08. The van der Waals surface area contributed by atoms with E-state index in [1.165, 1.54) is 11.8 Å². The van der Waals surface area contributed by atoms with Crippen molar-refractivity contribution in [1.82, 2.24) is 5.32 Å². The van der Waals surface area contributed by atoms with E-state index >= 15 is 0 Å². The Morgan fingerprint density at radius 2 is 2.32 bits per heavy atom. The van der Waals surface area contributed by atoms with E-state index in [9.17, 15) is 4.79 Å². The van der Waals surface area contributed by atoms with Crippen LogP contribution in [0, 0.1) is 0 Å². The minimum atomic E-state index is -0.176. The van der Waals surface area contributed by atoms with E-state index < -0.39 is 0 Å². The third kappa shape index (κ3) is 3.68. The normalized spacial score (nSPS) is 16.6. The molecular weight excluding hydrogens is 346 g/mol. The number of ether oxygens (including phenoxy) is 1. The van der Waals surface area contributed by atoms with Gasteiger partial charge in [-0.1, -0.05) is 52.6 Å². The highest BCUT2D eigenvalue weighted by molar-refractivity contribution is 9.10. The van der Waals surface area contributed by atoms with Gasteiger partial charge < -0.3 is 10.1 Å². The Bertz CT molecular complexity index is 584. The lowest BCUT2D eigenvalue weighted by molar-refractivity contribution is -0.115. The topological polar surface area (TPSA) is 38.3 Å². The van der Waals surface area contributed by atoms with Gasteiger partial charge in [0.1, 0.15) is 16.7 Å². The Morgan fingerprint density at radius 3 is 2.95 bits per heavy atom. The molecule has 0 bridgehead atoms. The number of benzene rings is 1. The number of hydrogen-bond donors (Lipinski definition) is 1. The number of carbonyl (C=O) groups is 1. The van der Waals surface area contributed by atoms with Crippen LogP contribution in [-0.4, -0.2) is 16.8 Å². The van der Waals surface area contributed by atoms with E-state index in [1.54, 1.807) is 12.2 Å². The van der Waals surface area contributed by atoms with Gasteiger partial charge in [-0.05, 0) is 24.3 Å². The summed E-state index contributed by atoms with van der Waals surface area (Å²) in [5.41, 5.74) is 0.818. The fourth-order valence-electron chi connectivity index (χ4n) is 1.47. The van der Waals surface area contributed by atoms with Crippen LogP contribution in [-0.2, 0) is 4.79 Å². The highest BCUT2D eigenvalue weighted by Crippen LogP contribution is 2.31. The first kappa shape index (κ1) is 14.3. The number of rotatable bonds is 4. The van der Waals surface area contributed by atoms with Gasteiger partial charge in [0, 0.05) is 10.0 Å². The van der Waals surface area contributed by atoms with E-state index in [0.29, 0.717) is 21.6 Å². The van der Waals surface area contributed by atoms with Gasteiger partial charge >= 0.3 is 0 Å². The van der Waals surface area contributed by atoms with Gasteiger partial charge in [0.25, 0.3) is 5.91 Å². The van der Waals surface area contributed by atoms with Gasteiger partial charge in [0.2, 0.25) is 0 Å². The zero-order valence-electron chi connectivity index (χ0n) is 9.81. The molecule has 1 N–H and O–H groups in total. The van der Waals surface area contributed by atoms with Gasteiger partial charge in [-0.25, -0.2) is 0 Å². The van der Waals surface area contributed by atoms with Crippen molar-refractivity contribution in [2.45, 2.75) is 0 Å². The third-order valence-corrected chi connectivity index (χ3v) is 3.91. The van der Waals surface area contributed by atoms with E-state index in [1.807, 2.05) is 18.2 Å². The molecular formula is C13H10BrNO2S2. The van der Waals surface area contributed by atoms with Crippen LogP contribution >= 0.6 is 39.9 Å². The quantitative estimate of drug-likeness (QED) is 0.509. The van der Waals surface area contributed by atoms with Crippen LogP contribution in [0.3, 0.4) is 0 Å². The zero-order valence-corrected chi connectivity index (χ0v) is 13.0. The van der Waals surface area contributed by atoms with Crippen LogP contribution < -0.4 is 10.1 Å². The van der Waals surface area contributed by atoms with Crippen molar-refractivity contribution in [3.8, 4) is 5.75 Å². The largest absolute Gasteiger partial charge is 0.489 e.